The average molecular weight is 256 g/mol. The van der Waals surface area contributed by atoms with Crippen LogP contribution in [0.4, 0.5) is 4.79 Å². The molecule has 0 radical (unpaired) electrons. The molecule has 2 rings (SSSR count). The smallest absolute Gasteiger partial charge is 0.320 e. The van der Waals surface area contributed by atoms with Crippen LogP contribution in [0.1, 0.15) is 26.2 Å². The Morgan fingerprint density at radius 1 is 1.33 bits per heavy atom. The first-order valence-electron chi connectivity index (χ1n) is 6.35. The maximum Gasteiger partial charge on any atom is 0.320 e. The first-order chi connectivity index (χ1) is 8.37. The summed E-state index contributed by atoms with van der Waals surface area (Å²) >= 11 is 0. The fourth-order valence-corrected chi connectivity index (χ4v) is 2.73. The summed E-state index contributed by atoms with van der Waals surface area (Å²) < 4.78 is 0. The van der Waals surface area contributed by atoms with Crippen molar-refractivity contribution in [2.75, 3.05) is 26.2 Å². The molecule has 2 N–H and O–H groups in total. The summed E-state index contributed by atoms with van der Waals surface area (Å²) in [6.45, 7) is 3.81. The van der Waals surface area contributed by atoms with Crippen LogP contribution in [-0.4, -0.2) is 63.8 Å². The van der Waals surface area contributed by atoms with Crippen molar-refractivity contribution in [2.45, 2.75) is 31.8 Å². The van der Waals surface area contributed by atoms with Crippen LogP contribution in [0.3, 0.4) is 0 Å². The molecule has 0 aromatic carbocycles. The van der Waals surface area contributed by atoms with E-state index in [1.165, 1.54) is 0 Å². The minimum atomic E-state index is -0.807. The zero-order valence-electron chi connectivity index (χ0n) is 10.6. The zero-order valence-corrected chi connectivity index (χ0v) is 10.6. The van der Waals surface area contributed by atoms with Crippen LogP contribution in [-0.2, 0) is 4.79 Å². The molecule has 2 fully saturated rings. The Bertz CT molecular complexity index is 356. The number of hydrogen-bond donors (Lipinski definition) is 2. The van der Waals surface area contributed by atoms with Gasteiger partial charge in [0.1, 0.15) is 0 Å². The zero-order chi connectivity index (χ0) is 13.3. The molecule has 0 bridgehead atoms. The molecular formula is C12H20N2O4. The molecule has 0 spiro atoms. The van der Waals surface area contributed by atoms with Gasteiger partial charge in [0.15, 0.2) is 0 Å². The highest BCUT2D eigenvalue weighted by Crippen LogP contribution is 2.25. The third-order valence-corrected chi connectivity index (χ3v) is 3.74. The number of urea groups is 1. The van der Waals surface area contributed by atoms with Gasteiger partial charge in [-0.15, -0.1) is 0 Å². The largest absolute Gasteiger partial charge is 0.481 e. The Hall–Kier alpha value is -1.30. The van der Waals surface area contributed by atoms with Gasteiger partial charge in [0.25, 0.3) is 0 Å². The van der Waals surface area contributed by atoms with Gasteiger partial charge < -0.3 is 20.0 Å². The highest BCUT2D eigenvalue weighted by atomic mass is 16.4. The Balaban J connectivity index is 1.86. The van der Waals surface area contributed by atoms with Crippen molar-refractivity contribution in [3.8, 4) is 0 Å². The molecule has 2 heterocycles. The summed E-state index contributed by atoms with van der Waals surface area (Å²) in [5.41, 5.74) is -0.782. The molecule has 2 aliphatic rings. The minimum absolute atomic E-state index is 0.0644. The molecule has 0 aromatic heterocycles. The van der Waals surface area contributed by atoms with Gasteiger partial charge in [0, 0.05) is 26.1 Å². The number of hydrogen-bond acceptors (Lipinski definition) is 3. The van der Waals surface area contributed by atoms with Crippen molar-refractivity contribution in [1.82, 2.24) is 9.80 Å². The molecule has 2 atom stereocenters. The van der Waals surface area contributed by atoms with Crippen LogP contribution < -0.4 is 0 Å². The van der Waals surface area contributed by atoms with Crippen molar-refractivity contribution in [3.05, 3.63) is 0 Å². The van der Waals surface area contributed by atoms with Crippen molar-refractivity contribution < 1.29 is 19.8 Å². The van der Waals surface area contributed by atoms with E-state index in [2.05, 4.69) is 0 Å². The number of carbonyl (C=O) groups excluding carboxylic acids is 1. The van der Waals surface area contributed by atoms with E-state index in [9.17, 15) is 14.7 Å². The Labute approximate surface area is 106 Å². The van der Waals surface area contributed by atoms with Gasteiger partial charge >= 0.3 is 12.0 Å². The number of rotatable bonds is 2. The lowest BCUT2D eigenvalue weighted by Crippen LogP contribution is -2.42. The second-order valence-electron chi connectivity index (χ2n) is 5.65. The maximum absolute atomic E-state index is 12.2. The molecule has 6 heteroatoms. The van der Waals surface area contributed by atoms with Gasteiger partial charge in [-0.25, -0.2) is 4.79 Å². The number of nitrogens with zero attached hydrogens (tertiary/aromatic N) is 2. The molecule has 0 saturated carbocycles. The Morgan fingerprint density at radius 3 is 2.61 bits per heavy atom. The fraction of sp³-hybridized carbons (Fsp3) is 0.833. The van der Waals surface area contributed by atoms with E-state index in [0.29, 0.717) is 32.6 Å². The predicted octanol–water partition coefficient (Wildman–Crippen LogP) is 0.360. The van der Waals surface area contributed by atoms with E-state index in [1.54, 1.807) is 16.7 Å². The Kier molecular flexibility index (Phi) is 3.47. The van der Waals surface area contributed by atoms with E-state index < -0.39 is 11.6 Å². The lowest BCUT2D eigenvalue weighted by Gasteiger charge is -2.25. The summed E-state index contributed by atoms with van der Waals surface area (Å²) in [6, 6.07) is -0.0688. The van der Waals surface area contributed by atoms with Gasteiger partial charge in [-0.05, 0) is 25.7 Å². The van der Waals surface area contributed by atoms with Gasteiger partial charge in [-0.1, -0.05) is 0 Å². The van der Waals surface area contributed by atoms with Crippen molar-refractivity contribution in [3.63, 3.8) is 0 Å². The van der Waals surface area contributed by atoms with Gasteiger partial charge in [0.2, 0.25) is 0 Å². The standard InChI is InChI=1S/C12H20N2O4/c1-12(18)3-5-14(8-12)11(17)13-4-2-9(7-13)6-10(15)16/h9,18H,2-8H2,1H3,(H,15,16). The van der Waals surface area contributed by atoms with Crippen LogP contribution in [0, 0.1) is 5.92 Å². The molecule has 2 aliphatic heterocycles. The number of carboxylic acids is 1. The second kappa shape index (κ2) is 4.76. The van der Waals surface area contributed by atoms with Gasteiger partial charge in [-0.3, -0.25) is 4.79 Å². The number of carboxylic acid groups (broad SMARTS) is 1. The van der Waals surface area contributed by atoms with Gasteiger partial charge in [-0.2, -0.15) is 0 Å². The first kappa shape index (κ1) is 13.1. The van der Waals surface area contributed by atoms with E-state index >= 15 is 0 Å². The van der Waals surface area contributed by atoms with Crippen molar-refractivity contribution in [2.24, 2.45) is 5.92 Å². The minimum Gasteiger partial charge on any atom is -0.481 e. The van der Waals surface area contributed by atoms with Crippen molar-refractivity contribution >= 4 is 12.0 Å². The van der Waals surface area contributed by atoms with Crippen LogP contribution >= 0.6 is 0 Å². The normalized spacial score (nSPS) is 32.0. The summed E-state index contributed by atoms with van der Waals surface area (Å²) in [4.78, 5) is 26.1. The molecule has 6 nitrogen and oxygen atoms in total. The molecule has 0 aliphatic carbocycles. The number of carbonyl (C=O) groups is 2. The average Bonchev–Trinajstić information content (AvgIpc) is 2.83. The first-order valence-corrected chi connectivity index (χ1v) is 6.35. The predicted molar refractivity (Wildman–Crippen MR) is 64.1 cm³/mol. The molecule has 0 aromatic rings. The quantitative estimate of drug-likeness (QED) is 0.747. The number of amides is 2. The fourth-order valence-electron chi connectivity index (χ4n) is 2.73. The number of aliphatic hydroxyl groups is 1. The molecule has 102 valence electrons. The molecular weight excluding hydrogens is 236 g/mol. The monoisotopic (exact) mass is 256 g/mol. The Morgan fingerprint density at radius 2 is 2.06 bits per heavy atom. The van der Waals surface area contributed by atoms with E-state index in [1.807, 2.05) is 0 Å². The SMILES string of the molecule is CC1(O)CCN(C(=O)N2CCC(CC(=O)O)C2)C1. The lowest BCUT2D eigenvalue weighted by atomic mass is 10.1. The number of β-amino-alcohol motifs (C(OH)–C–C–N with tert-alkyl or cyclic N) is 1. The van der Waals surface area contributed by atoms with Crippen molar-refractivity contribution in [1.29, 1.82) is 0 Å². The summed E-state index contributed by atoms with van der Waals surface area (Å²) in [5.74, 6) is -0.743. The summed E-state index contributed by atoms with van der Waals surface area (Å²) in [7, 11) is 0. The van der Waals surface area contributed by atoms with Crippen LogP contribution in [0.15, 0.2) is 0 Å². The number of aliphatic carboxylic acids is 1. The van der Waals surface area contributed by atoms with E-state index in [4.69, 9.17) is 5.11 Å². The van der Waals surface area contributed by atoms with Crippen LogP contribution in [0.25, 0.3) is 0 Å². The lowest BCUT2D eigenvalue weighted by molar-refractivity contribution is -0.138. The van der Waals surface area contributed by atoms with E-state index in [-0.39, 0.29) is 18.4 Å². The van der Waals surface area contributed by atoms with Gasteiger partial charge in [0.05, 0.1) is 12.1 Å². The topological polar surface area (TPSA) is 81.1 Å². The molecule has 2 saturated heterocycles. The van der Waals surface area contributed by atoms with E-state index in [0.717, 1.165) is 6.42 Å². The summed E-state index contributed by atoms with van der Waals surface area (Å²) in [5, 5.41) is 18.6. The molecule has 2 amide bonds. The molecule has 18 heavy (non-hydrogen) atoms. The highest BCUT2D eigenvalue weighted by molar-refractivity contribution is 5.75. The maximum atomic E-state index is 12.2. The second-order valence-corrected chi connectivity index (χ2v) is 5.65. The third-order valence-electron chi connectivity index (χ3n) is 3.74. The third kappa shape index (κ3) is 2.93. The highest BCUT2D eigenvalue weighted by Gasteiger charge is 2.37. The van der Waals surface area contributed by atoms with Crippen LogP contribution in [0.2, 0.25) is 0 Å². The number of likely N-dealkylation sites (tertiary alicyclic amines) is 2. The van der Waals surface area contributed by atoms with Crippen LogP contribution in [0.5, 0.6) is 0 Å². The summed E-state index contributed by atoms with van der Waals surface area (Å²) in [6.07, 6.45) is 1.48. The molecule has 2 unspecified atom stereocenters.